The van der Waals surface area contributed by atoms with Crippen molar-refractivity contribution in [2.45, 2.75) is 67.3 Å². The minimum Gasteiger partial charge on any atom is -0.462 e. The third-order valence-corrected chi connectivity index (χ3v) is 3.47. The van der Waals surface area contributed by atoms with E-state index in [0.29, 0.717) is 5.76 Å². The Morgan fingerprint density at radius 2 is 1.44 bits per heavy atom. The van der Waals surface area contributed by atoms with Crippen molar-refractivity contribution in [3.63, 3.8) is 0 Å². The van der Waals surface area contributed by atoms with Crippen LogP contribution < -0.4 is 5.32 Å². The first-order valence-electron chi connectivity index (χ1n) is 8.67. The summed E-state index contributed by atoms with van der Waals surface area (Å²) in [4.78, 5) is 24.7. The number of esters is 2. The molecule has 0 spiro atoms. The first kappa shape index (κ1) is 21.1. The number of rotatable bonds is 7. The molecule has 0 aliphatic heterocycles. The maximum Gasteiger partial charge on any atom is 0.344 e. The van der Waals surface area contributed by atoms with Crippen LogP contribution in [0.4, 0.5) is 5.88 Å². The molecular weight excluding hydrogens is 322 g/mol. The molecule has 0 saturated heterocycles. The SMILES string of the molecule is CCOC(=O)c1c(C)oc(NC(C)(C)CC(C)(C)C)c1C(=O)OCC. The molecule has 6 nitrogen and oxygen atoms in total. The second kappa shape index (κ2) is 7.93. The molecule has 1 heterocycles. The highest BCUT2D eigenvalue weighted by Crippen LogP contribution is 2.34. The van der Waals surface area contributed by atoms with E-state index in [0.717, 1.165) is 6.42 Å². The Bertz CT molecular complexity index is 622. The van der Waals surface area contributed by atoms with Gasteiger partial charge in [-0.2, -0.15) is 0 Å². The summed E-state index contributed by atoms with van der Waals surface area (Å²) in [5.41, 5.74) is -0.0591. The molecule has 0 amide bonds. The number of carbonyl (C=O) groups is 2. The second-order valence-electron chi connectivity index (χ2n) is 7.92. The Morgan fingerprint density at radius 3 is 1.88 bits per heavy atom. The monoisotopic (exact) mass is 353 g/mol. The number of hydrogen-bond donors (Lipinski definition) is 1. The summed E-state index contributed by atoms with van der Waals surface area (Å²) in [5.74, 6) is -0.617. The molecule has 1 N–H and O–H groups in total. The molecule has 0 unspecified atom stereocenters. The summed E-state index contributed by atoms with van der Waals surface area (Å²) < 4.78 is 15.9. The molecule has 6 heteroatoms. The lowest BCUT2D eigenvalue weighted by Gasteiger charge is -2.33. The number of carbonyl (C=O) groups excluding carboxylic acids is 2. The average molecular weight is 353 g/mol. The number of ether oxygens (including phenoxy) is 2. The highest BCUT2D eigenvalue weighted by atomic mass is 16.5. The van der Waals surface area contributed by atoms with Gasteiger partial charge in [0.1, 0.15) is 16.9 Å². The lowest BCUT2D eigenvalue weighted by Crippen LogP contribution is -2.35. The van der Waals surface area contributed by atoms with Crippen LogP contribution in [0.15, 0.2) is 4.42 Å². The summed E-state index contributed by atoms with van der Waals surface area (Å²) >= 11 is 0. The van der Waals surface area contributed by atoms with E-state index in [-0.39, 0.29) is 41.2 Å². The third-order valence-electron chi connectivity index (χ3n) is 3.47. The van der Waals surface area contributed by atoms with Gasteiger partial charge < -0.3 is 19.2 Å². The van der Waals surface area contributed by atoms with Gasteiger partial charge in [0.2, 0.25) is 5.88 Å². The maximum atomic E-state index is 12.4. The van der Waals surface area contributed by atoms with E-state index in [1.54, 1.807) is 20.8 Å². The predicted molar refractivity (Wildman–Crippen MR) is 97.1 cm³/mol. The first-order chi connectivity index (χ1) is 11.4. The minimum absolute atomic E-state index is 0.0756. The molecule has 0 saturated carbocycles. The summed E-state index contributed by atoms with van der Waals surface area (Å²) in [6.07, 6.45) is 0.830. The van der Waals surface area contributed by atoms with Crippen molar-refractivity contribution in [2.75, 3.05) is 18.5 Å². The average Bonchev–Trinajstić information content (AvgIpc) is 2.71. The van der Waals surface area contributed by atoms with Gasteiger partial charge >= 0.3 is 11.9 Å². The van der Waals surface area contributed by atoms with Gasteiger partial charge in [0.15, 0.2) is 0 Å². The van der Waals surface area contributed by atoms with E-state index in [4.69, 9.17) is 13.9 Å². The molecule has 142 valence electrons. The van der Waals surface area contributed by atoms with E-state index in [9.17, 15) is 9.59 Å². The standard InChI is InChI=1S/C19H31NO5/c1-9-23-16(21)13-12(3)25-15(14(13)17(22)24-10-2)20-19(7,8)11-18(4,5)6/h20H,9-11H2,1-8H3. The summed E-state index contributed by atoms with van der Waals surface area (Å²) in [6.45, 7) is 15.9. The zero-order valence-corrected chi connectivity index (χ0v) is 16.7. The van der Waals surface area contributed by atoms with Crippen LogP contribution in [0.2, 0.25) is 0 Å². The Kier molecular flexibility index (Phi) is 6.68. The Hall–Kier alpha value is -1.98. The zero-order valence-electron chi connectivity index (χ0n) is 16.7. The number of hydrogen-bond acceptors (Lipinski definition) is 6. The van der Waals surface area contributed by atoms with Gasteiger partial charge in [-0.1, -0.05) is 20.8 Å². The molecule has 0 aliphatic carbocycles. The normalized spacial score (nSPS) is 12.0. The van der Waals surface area contributed by atoms with Crippen LogP contribution >= 0.6 is 0 Å². The Morgan fingerprint density at radius 1 is 0.960 bits per heavy atom. The molecule has 25 heavy (non-hydrogen) atoms. The van der Waals surface area contributed by atoms with Gasteiger partial charge in [-0.15, -0.1) is 0 Å². The van der Waals surface area contributed by atoms with Gasteiger partial charge in [-0.25, -0.2) is 9.59 Å². The van der Waals surface area contributed by atoms with Crippen LogP contribution in [0.1, 0.15) is 81.4 Å². The van der Waals surface area contributed by atoms with Crippen molar-refractivity contribution in [3.8, 4) is 0 Å². The molecule has 0 radical (unpaired) electrons. The van der Waals surface area contributed by atoms with Crippen LogP contribution in [0.25, 0.3) is 0 Å². The molecule has 1 aromatic heterocycles. The fourth-order valence-electron chi connectivity index (χ4n) is 3.16. The number of nitrogens with one attached hydrogen (secondary N) is 1. The third kappa shape index (κ3) is 5.80. The highest BCUT2D eigenvalue weighted by molar-refractivity contribution is 6.07. The molecular formula is C19H31NO5. The largest absolute Gasteiger partial charge is 0.462 e. The van der Waals surface area contributed by atoms with E-state index in [2.05, 4.69) is 26.1 Å². The molecule has 0 atom stereocenters. The van der Waals surface area contributed by atoms with Gasteiger partial charge in [0.05, 0.1) is 13.2 Å². The van der Waals surface area contributed by atoms with Crippen molar-refractivity contribution < 1.29 is 23.5 Å². The van der Waals surface area contributed by atoms with Crippen molar-refractivity contribution in [1.82, 2.24) is 0 Å². The smallest absolute Gasteiger partial charge is 0.344 e. The second-order valence-corrected chi connectivity index (χ2v) is 7.92. The zero-order chi connectivity index (χ0) is 19.4. The topological polar surface area (TPSA) is 77.8 Å². The van der Waals surface area contributed by atoms with Crippen LogP contribution in [-0.2, 0) is 9.47 Å². The van der Waals surface area contributed by atoms with Crippen molar-refractivity contribution >= 4 is 17.8 Å². The van der Waals surface area contributed by atoms with Crippen molar-refractivity contribution in [2.24, 2.45) is 5.41 Å². The number of aryl methyl sites for hydroxylation is 1. The maximum absolute atomic E-state index is 12.4. The van der Waals surface area contributed by atoms with E-state index >= 15 is 0 Å². The van der Waals surface area contributed by atoms with Crippen LogP contribution in [0.3, 0.4) is 0 Å². The molecule has 0 aromatic carbocycles. The van der Waals surface area contributed by atoms with Crippen LogP contribution in [0.5, 0.6) is 0 Å². The highest BCUT2D eigenvalue weighted by Gasteiger charge is 2.34. The quantitative estimate of drug-likeness (QED) is 0.724. The fourth-order valence-corrected chi connectivity index (χ4v) is 3.16. The van der Waals surface area contributed by atoms with Crippen LogP contribution in [0, 0.1) is 12.3 Å². The molecule has 0 fully saturated rings. The Labute approximate surface area is 150 Å². The minimum atomic E-state index is -0.600. The molecule has 1 rings (SSSR count). The van der Waals surface area contributed by atoms with Crippen LogP contribution in [-0.4, -0.2) is 30.7 Å². The van der Waals surface area contributed by atoms with Gasteiger partial charge in [0, 0.05) is 5.54 Å². The number of furan rings is 1. The number of anilines is 1. The van der Waals surface area contributed by atoms with E-state index in [1.165, 1.54) is 0 Å². The van der Waals surface area contributed by atoms with Gasteiger partial charge in [0.25, 0.3) is 0 Å². The molecule has 0 bridgehead atoms. The van der Waals surface area contributed by atoms with Gasteiger partial charge in [-0.05, 0) is 46.5 Å². The molecule has 1 aromatic rings. The first-order valence-corrected chi connectivity index (χ1v) is 8.67. The predicted octanol–water partition coefficient (Wildman–Crippen LogP) is 4.57. The van der Waals surface area contributed by atoms with E-state index < -0.39 is 11.9 Å². The summed E-state index contributed by atoms with van der Waals surface area (Å²) in [6, 6.07) is 0. The van der Waals surface area contributed by atoms with Crippen molar-refractivity contribution in [1.29, 1.82) is 0 Å². The van der Waals surface area contributed by atoms with Gasteiger partial charge in [-0.3, -0.25) is 0 Å². The molecule has 0 aliphatic rings. The lowest BCUT2D eigenvalue weighted by atomic mass is 9.82. The lowest BCUT2D eigenvalue weighted by molar-refractivity contribution is 0.0480. The Balaban J connectivity index is 3.33. The van der Waals surface area contributed by atoms with E-state index in [1.807, 2.05) is 13.8 Å². The fraction of sp³-hybridized carbons (Fsp3) is 0.684. The summed E-state index contributed by atoms with van der Waals surface area (Å²) in [5, 5.41) is 3.27. The summed E-state index contributed by atoms with van der Waals surface area (Å²) in [7, 11) is 0. The van der Waals surface area contributed by atoms with Crippen molar-refractivity contribution in [3.05, 3.63) is 16.9 Å².